The van der Waals surface area contributed by atoms with E-state index in [1.807, 2.05) is 35.9 Å². The summed E-state index contributed by atoms with van der Waals surface area (Å²) in [4.78, 5) is 46.1. The van der Waals surface area contributed by atoms with Gasteiger partial charge in [0.2, 0.25) is 11.8 Å². The molecule has 1 fully saturated rings. The molecule has 0 unspecified atom stereocenters. The van der Waals surface area contributed by atoms with E-state index in [-0.39, 0.29) is 30.3 Å². The summed E-state index contributed by atoms with van der Waals surface area (Å²) >= 11 is 0. The van der Waals surface area contributed by atoms with Gasteiger partial charge in [0, 0.05) is 32.9 Å². The summed E-state index contributed by atoms with van der Waals surface area (Å²) in [7, 11) is 3.46. The van der Waals surface area contributed by atoms with Crippen LogP contribution in [0.25, 0.3) is 22.3 Å². The molecule has 1 saturated heterocycles. The Morgan fingerprint density at radius 1 is 1.17 bits per heavy atom. The van der Waals surface area contributed by atoms with E-state index in [4.69, 9.17) is 5.73 Å². The lowest BCUT2D eigenvalue weighted by atomic mass is 9.86. The van der Waals surface area contributed by atoms with Crippen molar-refractivity contribution in [2.45, 2.75) is 18.8 Å². The highest BCUT2D eigenvalue weighted by Gasteiger charge is 2.30. The van der Waals surface area contributed by atoms with Gasteiger partial charge in [-0.05, 0) is 48.1 Å². The number of nitrogens with one attached hydrogen (secondary N) is 3. The van der Waals surface area contributed by atoms with Gasteiger partial charge < -0.3 is 31.2 Å². The zero-order valence-corrected chi connectivity index (χ0v) is 20.4. The average molecular weight is 491 g/mol. The van der Waals surface area contributed by atoms with E-state index in [0.29, 0.717) is 24.6 Å². The molecule has 1 aliphatic heterocycles. The summed E-state index contributed by atoms with van der Waals surface area (Å²) in [6, 6.07) is 7.19. The Bertz CT molecular complexity index is 1310. The lowest BCUT2D eigenvalue weighted by Gasteiger charge is -2.32. The molecule has 188 valence electrons. The molecule has 1 aromatic carbocycles. The summed E-state index contributed by atoms with van der Waals surface area (Å²) in [6.45, 7) is 4.57. The number of amides is 4. The number of nitrogens with zero attached hydrogens (tertiary/aromatic N) is 4. The molecule has 1 aliphatic rings. The SMILES string of the molecule is C=CC(=O)Nc1ccc(-c2c(C3CCN(C(=O)CNC(=O)NC)CC3)c3c(N)ncnc3n2C)cc1. The Labute approximate surface area is 208 Å². The summed E-state index contributed by atoms with van der Waals surface area (Å²) in [5, 5.41) is 8.58. The van der Waals surface area contributed by atoms with Gasteiger partial charge in [-0.3, -0.25) is 9.59 Å². The van der Waals surface area contributed by atoms with Gasteiger partial charge in [0.25, 0.3) is 0 Å². The Morgan fingerprint density at radius 3 is 2.50 bits per heavy atom. The molecule has 3 heterocycles. The van der Waals surface area contributed by atoms with Crippen LogP contribution in [0.4, 0.5) is 16.3 Å². The van der Waals surface area contributed by atoms with Crippen LogP contribution in [0.2, 0.25) is 0 Å². The van der Waals surface area contributed by atoms with Crippen molar-refractivity contribution in [2.75, 3.05) is 37.7 Å². The summed E-state index contributed by atoms with van der Waals surface area (Å²) < 4.78 is 2.02. The third-order valence-electron chi connectivity index (χ3n) is 6.53. The van der Waals surface area contributed by atoms with Gasteiger partial charge in [0.1, 0.15) is 17.8 Å². The zero-order chi connectivity index (χ0) is 25.8. The maximum atomic E-state index is 12.6. The average Bonchev–Trinajstić information content (AvgIpc) is 3.20. The number of aryl methyl sites for hydroxylation is 1. The van der Waals surface area contributed by atoms with E-state index >= 15 is 0 Å². The number of nitrogens with two attached hydrogens (primary N) is 1. The van der Waals surface area contributed by atoms with E-state index in [9.17, 15) is 14.4 Å². The van der Waals surface area contributed by atoms with Crippen molar-refractivity contribution in [2.24, 2.45) is 7.05 Å². The highest BCUT2D eigenvalue weighted by Crippen LogP contribution is 2.42. The van der Waals surface area contributed by atoms with Crippen LogP contribution in [0, 0.1) is 0 Å². The lowest BCUT2D eigenvalue weighted by Crippen LogP contribution is -2.45. The minimum Gasteiger partial charge on any atom is -0.383 e. The van der Waals surface area contributed by atoms with Crippen LogP contribution in [0.15, 0.2) is 43.2 Å². The number of aromatic nitrogens is 3. The molecule has 36 heavy (non-hydrogen) atoms. The van der Waals surface area contributed by atoms with Crippen LogP contribution in [0.3, 0.4) is 0 Å². The fourth-order valence-corrected chi connectivity index (χ4v) is 4.73. The first-order valence-corrected chi connectivity index (χ1v) is 11.7. The van der Waals surface area contributed by atoms with Crippen molar-refractivity contribution < 1.29 is 14.4 Å². The normalized spacial score (nSPS) is 13.9. The summed E-state index contributed by atoms with van der Waals surface area (Å²) in [6.07, 6.45) is 4.16. The number of carbonyl (C=O) groups is 3. The molecule has 3 aromatic rings. The molecule has 0 aliphatic carbocycles. The molecule has 0 radical (unpaired) electrons. The standard InChI is InChI=1S/C25H30N8O3/c1-4-18(34)31-17-7-5-16(6-8-17)22-20(21-23(26)29-14-30-24(21)32(22)3)15-9-11-33(12-10-15)19(35)13-28-25(36)27-2/h4-8,14-15H,1,9-13H2,2-3H3,(H,31,34)(H2,26,29,30)(H2,27,28,36). The van der Waals surface area contributed by atoms with Crippen LogP contribution in [0.5, 0.6) is 0 Å². The fraction of sp³-hybridized carbons (Fsp3) is 0.320. The molecular weight excluding hydrogens is 460 g/mol. The van der Waals surface area contributed by atoms with Gasteiger partial charge in [0.15, 0.2) is 0 Å². The smallest absolute Gasteiger partial charge is 0.314 e. The number of nitrogen functional groups attached to an aromatic ring is 1. The zero-order valence-electron chi connectivity index (χ0n) is 20.4. The third-order valence-corrected chi connectivity index (χ3v) is 6.53. The third kappa shape index (κ3) is 4.85. The maximum Gasteiger partial charge on any atom is 0.314 e. The molecule has 5 N–H and O–H groups in total. The number of likely N-dealkylation sites (tertiary alicyclic amines) is 1. The van der Waals surface area contributed by atoms with Crippen molar-refractivity contribution in [1.29, 1.82) is 0 Å². The van der Waals surface area contributed by atoms with Crippen molar-refractivity contribution >= 4 is 40.4 Å². The van der Waals surface area contributed by atoms with Crippen LogP contribution >= 0.6 is 0 Å². The molecule has 2 aromatic heterocycles. The van der Waals surface area contributed by atoms with Crippen LogP contribution in [-0.2, 0) is 16.6 Å². The van der Waals surface area contributed by atoms with E-state index in [1.165, 1.54) is 19.5 Å². The van der Waals surface area contributed by atoms with Gasteiger partial charge in [0.05, 0.1) is 17.6 Å². The molecule has 0 saturated carbocycles. The van der Waals surface area contributed by atoms with E-state index in [0.717, 1.165) is 40.7 Å². The first-order valence-electron chi connectivity index (χ1n) is 11.7. The number of fused-ring (bicyclic) bond motifs is 1. The Kier molecular flexibility index (Phi) is 7.18. The van der Waals surface area contributed by atoms with Crippen LogP contribution in [-0.4, -0.2) is 64.0 Å². The number of anilines is 2. The molecule has 0 atom stereocenters. The Morgan fingerprint density at radius 2 is 1.86 bits per heavy atom. The first kappa shape index (κ1) is 24.7. The topological polar surface area (TPSA) is 147 Å². The monoisotopic (exact) mass is 490 g/mol. The fourth-order valence-electron chi connectivity index (χ4n) is 4.73. The number of carbonyl (C=O) groups excluding carboxylic acids is 3. The molecular formula is C25H30N8O3. The molecule has 11 nitrogen and oxygen atoms in total. The predicted molar refractivity (Wildman–Crippen MR) is 138 cm³/mol. The number of piperidine rings is 1. The second-order valence-electron chi connectivity index (χ2n) is 8.64. The Balaban J connectivity index is 1.64. The molecule has 4 amide bonds. The molecule has 11 heteroatoms. The minimum absolute atomic E-state index is 0.0423. The van der Waals surface area contributed by atoms with E-state index < -0.39 is 0 Å². The van der Waals surface area contributed by atoms with Gasteiger partial charge in [-0.25, -0.2) is 14.8 Å². The summed E-state index contributed by atoms with van der Waals surface area (Å²) in [5.41, 5.74) is 10.7. The first-order chi connectivity index (χ1) is 17.3. The van der Waals surface area contributed by atoms with Gasteiger partial charge in [-0.1, -0.05) is 18.7 Å². The highest BCUT2D eigenvalue weighted by molar-refractivity contribution is 5.99. The van der Waals surface area contributed by atoms with Gasteiger partial charge >= 0.3 is 6.03 Å². The second kappa shape index (κ2) is 10.5. The summed E-state index contributed by atoms with van der Waals surface area (Å²) in [5.74, 6) is 0.159. The highest BCUT2D eigenvalue weighted by atomic mass is 16.2. The van der Waals surface area contributed by atoms with E-state index in [1.54, 1.807) is 4.90 Å². The second-order valence-corrected chi connectivity index (χ2v) is 8.64. The van der Waals surface area contributed by atoms with Gasteiger partial charge in [-0.2, -0.15) is 0 Å². The van der Waals surface area contributed by atoms with Crippen molar-refractivity contribution in [3.63, 3.8) is 0 Å². The lowest BCUT2D eigenvalue weighted by molar-refractivity contribution is -0.131. The van der Waals surface area contributed by atoms with E-state index in [2.05, 4.69) is 32.5 Å². The van der Waals surface area contributed by atoms with Crippen molar-refractivity contribution in [3.8, 4) is 11.3 Å². The number of benzene rings is 1. The molecule has 4 rings (SSSR count). The minimum atomic E-state index is -0.385. The number of rotatable bonds is 6. The van der Waals surface area contributed by atoms with Crippen LogP contribution < -0.4 is 21.7 Å². The number of hydrogen-bond donors (Lipinski definition) is 4. The Hall–Kier alpha value is -4.41. The van der Waals surface area contributed by atoms with Crippen molar-refractivity contribution in [3.05, 3.63) is 48.8 Å². The quantitative estimate of drug-likeness (QED) is 0.389. The molecule has 0 bridgehead atoms. The largest absolute Gasteiger partial charge is 0.383 e. The maximum absolute atomic E-state index is 12.6. The predicted octanol–water partition coefficient (Wildman–Crippen LogP) is 1.98. The number of hydrogen-bond acceptors (Lipinski definition) is 6. The van der Waals surface area contributed by atoms with Gasteiger partial charge in [-0.15, -0.1) is 0 Å². The van der Waals surface area contributed by atoms with Crippen molar-refractivity contribution in [1.82, 2.24) is 30.1 Å². The van der Waals surface area contributed by atoms with Crippen LogP contribution in [0.1, 0.15) is 24.3 Å². The molecule has 0 spiro atoms. The number of urea groups is 1.